The minimum Gasteiger partial charge on any atom is -0.394 e. The zero-order chi connectivity index (χ0) is 15.9. The van der Waals surface area contributed by atoms with Crippen molar-refractivity contribution in [3.63, 3.8) is 0 Å². The van der Waals surface area contributed by atoms with Crippen LogP contribution in [0.5, 0.6) is 0 Å². The van der Waals surface area contributed by atoms with Crippen molar-refractivity contribution in [2.45, 2.75) is 24.8 Å². The molecule has 0 aromatic heterocycles. The van der Waals surface area contributed by atoms with Crippen molar-refractivity contribution in [1.82, 2.24) is 10.6 Å². The van der Waals surface area contributed by atoms with E-state index in [2.05, 4.69) is 10.6 Å². The summed E-state index contributed by atoms with van der Waals surface area (Å²) in [4.78, 5) is 11.7. The van der Waals surface area contributed by atoms with Gasteiger partial charge in [0.05, 0.1) is 13.2 Å². The van der Waals surface area contributed by atoms with Crippen molar-refractivity contribution in [2.24, 2.45) is 0 Å². The molecule has 22 heavy (non-hydrogen) atoms. The van der Waals surface area contributed by atoms with Gasteiger partial charge in [0.15, 0.2) is 0 Å². The van der Waals surface area contributed by atoms with Crippen molar-refractivity contribution < 1.29 is 19.0 Å². The van der Waals surface area contributed by atoms with Crippen LogP contribution in [0.4, 0.5) is 9.18 Å². The molecule has 7 heteroatoms. The number of urea groups is 1. The molecule has 1 aromatic carbocycles. The highest BCUT2D eigenvalue weighted by atomic mass is 35.5. The summed E-state index contributed by atoms with van der Waals surface area (Å²) in [7, 11) is 0. The first-order valence-corrected chi connectivity index (χ1v) is 7.68. The molecule has 2 unspecified atom stereocenters. The first-order chi connectivity index (χ1) is 10.6. The first-order valence-electron chi connectivity index (χ1n) is 7.30. The molecule has 0 aliphatic heterocycles. The average Bonchev–Trinajstić information content (AvgIpc) is 3.21. The van der Waals surface area contributed by atoms with Crippen LogP contribution in [0.25, 0.3) is 0 Å². The SMILES string of the molecule is O=C(NCCCOCCO)NC1CC1c1c(F)cccc1Cl. The number of ether oxygens (including phenoxy) is 1. The quantitative estimate of drug-likeness (QED) is 0.639. The van der Waals surface area contributed by atoms with Gasteiger partial charge in [0.25, 0.3) is 0 Å². The van der Waals surface area contributed by atoms with Gasteiger partial charge in [0.1, 0.15) is 5.82 Å². The highest BCUT2D eigenvalue weighted by Crippen LogP contribution is 2.44. The lowest BCUT2D eigenvalue weighted by molar-refractivity contribution is 0.0910. The van der Waals surface area contributed by atoms with Gasteiger partial charge in [0, 0.05) is 35.7 Å². The van der Waals surface area contributed by atoms with E-state index < -0.39 is 0 Å². The van der Waals surface area contributed by atoms with E-state index in [1.807, 2.05) is 0 Å². The number of hydrogen-bond donors (Lipinski definition) is 3. The first kappa shape index (κ1) is 17.0. The average molecular weight is 331 g/mol. The van der Waals surface area contributed by atoms with Crippen LogP contribution in [0.2, 0.25) is 5.02 Å². The predicted octanol–water partition coefficient (Wildman–Crippen LogP) is 2.03. The number of carbonyl (C=O) groups is 1. The topological polar surface area (TPSA) is 70.6 Å². The molecule has 2 rings (SSSR count). The summed E-state index contributed by atoms with van der Waals surface area (Å²) >= 11 is 6.01. The summed E-state index contributed by atoms with van der Waals surface area (Å²) in [6, 6.07) is 4.24. The van der Waals surface area contributed by atoms with Crippen LogP contribution < -0.4 is 10.6 Å². The fraction of sp³-hybridized carbons (Fsp3) is 0.533. The molecule has 1 saturated carbocycles. The molecule has 2 atom stereocenters. The van der Waals surface area contributed by atoms with Crippen LogP contribution in [0.15, 0.2) is 18.2 Å². The molecule has 1 aliphatic carbocycles. The van der Waals surface area contributed by atoms with Crippen molar-refractivity contribution in [1.29, 1.82) is 0 Å². The molecule has 2 amide bonds. The molecular formula is C15H20ClFN2O3. The van der Waals surface area contributed by atoms with Crippen LogP contribution in [0.3, 0.4) is 0 Å². The Kier molecular flexibility index (Phi) is 6.42. The molecule has 1 aliphatic rings. The van der Waals surface area contributed by atoms with E-state index in [9.17, 15) is 9.18 Å². The predicted molar refractivity (Wildman–Crippen MR) is 81.6 cm³/mol. The van der Waals surface area contributed by atoms with Gasteiger partial charge >= 0.3 is 6.03 Å². The Balaban J connectivity index is 1.67. The standard InChI is InChI=1S/C15H20ClFN2O3/c16-11-3-1-4-12(17)14(11)10-9-13(10)19-15(21)18-5-2-7-22-8-6-20/h1,3-4,10,13,20H,2,5-9H2,(H2,18,19,21). The van der Waals surface area contributed by atoms with Crippen LogP contribution in [-0.2, 0) is 4.74 Å². The smallest absolute Gasteiger partial charge is 0.315 e. The summed E-state index contributed by atoms with van der Waals surface area (Å²) in [5, 5.41) is 14.4. The third kappa shape index (κ3) is 4.83. The second-order valence-electron chi connectivity index (χ2n) is 5.17. The molecule has 0 heterocycles. The third-order valence-corrected chi connectivity index (χ3v) is 3.79. The summed E-state index contributed by atoms with van der Waals surface area (Å²) in [6.07, 6.45) is 1.36. The van der Waals surface area contributed by atoms with E-state index in [1.54, 1.807) is 12.1 Å². The minimum absolute atomic E-state index is 0.00438. The normalized spacial score (nSPS) is 19.8. The highest BCUT2D eigenvalue weighted by Gasteiger charge is 2.42. The van der Waals surface area contributed by atoms with Gasteiger partial charge in [-0.25, -0.2) is 9.18 Å². The molecule has 1 fully saturated rings. The van der Waals surface area contributed by atoms with Gasteiger partial charge in [-0.1, -0.05) is 17.7 Å². The largest absolute Gasteiger partial charge is 0.394 e. The van der Waals surface area contributed by atoms with Crippen LogP contribution in [0, 0.1) is 5.82 Å². The molecule has 5 nitrogen and oxygen atoms in total. The van der Waals surface area contributed by atoms with Crippen molar-refractivity contribution >= 4 is 17.6 Å². The molecule has 0 saturated heterocycles. The Morgan fingerprint density at radius 2 is 2.27 bits per heavy atom. The number of rotatable bonds is 8. The summed E-state index contributed by atoms with van der Waals surface area (Å²) < 4.78 is 18.8. The lowest BCUT2D eigenvalue weighted by Gasteiger charge is -2.09. The van der Waals surface area contributed by atoms with E-state index in [0.29, 0.717) is 43.2 Å². The fourth-order valence-corrected chi connectivity index (χ4v) is 2.60. The van der Waals surface area contributed by atoms with Gasteiger partial charge in [-0.2, -0.15) is 0 Å². The summed E-state index contributed by atoms with van der Waals surface area (Å²) in [5.74, 6) is -0.393. The highest BCUT2D eigenvalue weighted by molar-refractivity contribution is 6.31. The summed E-state index contributed by atoms with van der Waals surface area (Å²) in [6.45, 7) is 1.27. The number of aliphatic hydroxyl groups is 1. The lowest BCUT2D eigenvalue weighted by Crippen LogP contribution is -2.38. The molecule has 3 N–H and O–H groups in total. The Morgan fingerprint density at radius 1 is 1.45 bits per heavy atom. The Bertz CT molecular complexity index is 495. The van der Waals surface area contributed by atoms with Gasteiger partial charge in [-0.15, -0.1) is 0 Å². The zero-order valence-electron chi connectivity index (χ0n) is 12.1. The minimum atomic E-state index is -0.330. The Labute approximate surface area is 133 Å². The maximum atomic E-state index is 13.8. The monoisotopic (exact) mass is 330 g/mol. The molecular weight excluding hydrogens is 311 g/mol. The maximum Gasteiger partial charge on any atom is 0.315 e. The van der Waals surface area contributed by atoms with E-state index >= 15 is 0 Å². The van der Waals surface area contributed by atoms with E-state index in [1.165, 1.54) is 6.07 Å². The molecule has 0 spiro atoms. The second kappa shape index (κ2) is 8.31. The van der Waals surface area contributed by atoms with Crippen LogP contribution >= 0.6 is 11.6 Å². The fourth-order valence-electron chi connectivity index (χ4n) is 2.30. The number of aliphatic hydroxyl groups excluding tert-OH is 1. The number of hydrogen-bond acceptors (Lipinski definition) is 3. The lowest BCUT2D eigenvalue weighted by atomic mass is 10.1. The van der Waals surface area contributed by atoms with E-state index in [0.717, 1.165) is 0 Å². The van der Waals surface area contributed by atoms with Crippen molar-refractivity contribution in [3.05, 3.63) is 34.6 Å². The van der Waals surface area contributed by atoms with Crippen molar-refractivity contribution in [2.75, 3.05) is 26.4 Å². The van der Waals surface area contributed by atoms with Crippen LogP contribution in [-0.4, -0.2) is 43.5 Å². The van der Waals surface area contributed by atoms with E-state index in [4.69, 9.17) is 21.4 Å². The third-order valence-electron chi connectivity index (χ3n) is 3.46. The Hall–Kier alpha value is -1.37. The number of nitrogens with one attached hydrogen (secondary N) is 2. The maximum absolute atomic E-state index is 13.8. The number of benzene rings is 1. The zero-order valence-corrected chi connectivity index (χ0v) is 12.9. The molecule has 0 radical (unpaired) electrons. The van der Waals surface area contributed by atoms with Gasteiger partial charge in [-0.05, 0) is 25.0 Å². The molecule has 1 aromatic rings. The van der Waals surface area contributed by atoms with Gasteiger partial charge in [0.2, 0.25) is 0 Å². The van der Waals surface area contributed by atoms with Crippen molar-refractivity contribution in [3.8, 4) is 0 Å². The van der Waals surface area contributed by atoms with E-state index in [-0.39, 0.29) is 30.4 Å². The number of amides is 2. The second-order valence-corrected chi connectivity index (χ2v) is 5.58. The van der Waals surface area contributed by atoms with Gasteiger partial charge in [-0.3, -0.25) is 0 Å². The van der Waals surface area contributed by atoms with Gasteiger partial charge < -0.3 is 20.5 Å². The Morgan fingerprint density at radius 3 is 3.00 bits per heavy atom. The van der Waals surface area contributed by atoms with Crippen LogP contribution in [0.1, 0.15) is 24.3 Å². The number of carbonyl (C=O) groups excluding carboxylic acids is 1. The molecule has 122 valence electrons. The number of halogens is 2. The molecule has 0 bridgehead atoms. The summed E-state index contributed by atoms with van der Waals surface area (Å²) in [5.41, 5.74) is 0.479.